The van der Waals surface area contributed by atoms with Crippen molar-refractivity contribution in [2.24, 2.45) is 0 Å². The highest BCUT2D eigenvalue weighted by atomic mass is 32.2. The Labute approximate surface area is 123 Å². The minimum absolute atomic E-state index is 0.00229. The highest BCUT2D eigenvalue weighted by molar-refractivity contribution is 7.89. The van der Waals surface area contributed by atoms with E-state index in [-0.39, 0.29) is 18.1 Å². The van der Waals surface area contributed by atoms with Gasteiger partial charge in [0, 0.05) is 5.38 Å². The predicted octanol–water partition coefficient (Wildman–Crippen LogP) is 2.31. The molecule has 2 aromatic rings. The molecule has 0 atom stereocenters. The molecule has 0 spiro atoms. The van der Waals surface area contributed by atoms with Crippen molar-refractivity contribution in [1.29, 1.82) is 0 Å². The summed E-state index contributed by atoms with van der Waals surface area (Å²) in [6.07, 6.45) is 0.827. The van der Waals surface area contributed by atoms with E-state index in [0.717, 1.165) is 22.6 Å². The van der Waals surface area contributed by atoms with Crippen molar-refractivity contribution in [2.45, 2.75) is 31.5 Å². The van der Waals surface area contributed by atoms with Crippen LogP contribution in [0.3, 0.4) is 0 Å². The number of aliphatic hydroxyl groups excluding tert-OH is 1. The van der Waals surface area contributed by atoms with E-state index in [4.69, 9.17) is 5.11 Å². The van der Waals surface area contributed by atoms with Crippen molar-refractivity contribution < 1.29 is 13.5 Å². The van der Waals surface area contributed by atoms with Gasteiger partial charge in [0.25, 0.3) is 0 Å². The molecule has 2 rings (SSSR count). The van der Waals surface area contributed by atoms with Crippen LogP contribution in [0.1, 0.15) is 28.8 Å². The summed E-state index contributed by atoms with van der Waals surface area (Å²) >= 11 is 1.50. The van der Waals surface area contributed by atoms with Crippen LogP contribution in [0.2, 0.25) is 0 Å². The van der Waals surface area contributed by atoms with Gasteiger partial charge in [-0.15, -0.1) is 11.3 Å². The summed E-state index contributed by atoms with van der Waals surface area (Å²) in [5.74, 6) is -0.0249. The number of thiazole rings is 1. The van der Waals surface area contributed by atoms with Crippen LogP contribution < -0.4 is 0 Å². The van der Waals surface area contributed by atoms with Crippen molar-refractivity contribution >= 4 is 21.2 Å². The van der Waals surface area contributed by atoms with E-state index in [1.807, 2.05) is 12.3 Å². The van der Waals surface area contributed by atoms with Gasteiger partial charge in [0.1, 0.15) is 0 Å². The molecule has 4 nitrogen and oxygen atoms in total. The van der Waals surface area contributed by atoms with Crippen LogP contribution in [0.25, 0.3) is 0 Å². The minimum atomic E-state index is -3.22. The normalized spacial score (nSPS) is 11.7. The second-order valence-corrected chi connectivity index (χ2v) is 7.60. The highest BCUT2D eigenvalue weighted by Crippen LogP contribution is 2.16. The molecule has 6 heteroatoms. The lowest BCUT2D eigenvalue weighted by molar-refractivity contribution is 0.282. The Morgan fingerprint density at radius 2 is 1.80 bits per heavy atom. The SMILES string of the molecule is CCc1nc(CS(=O)(=O)Cc2ccc(CO)cc2)cs1. The fraction of sp³-hybridized carbons (Fsp3) is 0.357. The van der Waals surface area contributed by atoms with Gasteiger partial charge >= 0.3 is 0 Å². The zero-order valence-corrected chi connectivity index (χ0v) is 12.9. The average Bonchev–Trinajstić information content (AvgIpc) is 2.86. The Kier molecular flexibility index (Phi) is 4.91. The molecule has 0 fully saturated rings. The summed E-state index contributed by atoms with van der Waals surface area (Å²) in [4.78, 5) is 4.29. The third kappa shape index (κ3) is 4.13. The number of rotatable bonds is 6. The van der Waals surface area contributed by atoms with Crippen molar-refractivity contribution in [3.63, 3.8) is 0 Å². The Hall–Kier alpha value is -1.24. The number of aryl methyl sites for hydroxylation is 1. The second kappa shape index (κ2) is 6.47. The standard InChI is InChI=1S/C14H17NO3S2/c1-2-14-15-13(8-19-14)10-20(17,18)9-12-5-3-11(7-16)4-6-12/h3-6,8,16H,2,7,9-10H2,1H3. The van der Waals surface area contributed by atoms with E-state index in [1.165, 1.54) is 11.3 Å². The van der Waals surface area contributed by atoms with Gasteiger partial charge < -0.3 is 5.11 Å². The van der Waals surface area contributed by atoms with Crippen LogP contribution in [0, 0.1) is 0 Å². The van der Waals surface area contributed by atoms with Crippen LogP contribution in [0.4, 0.5) is 0 Å². The van der Waals surface area contributed by atoms with E-state index in [9.17, 15) is 8.42 Å². The molecule has 0 aliphatic heterocycles. The Bertz CT molecular complexity index is 660. The van der Waals surface area contributed by atoms with Gasteiger partial charge in [0.15, 0.2) is 9.84 Å². The number of hydrogen-bond acceptors (Lipinski definition) is 5. The predicted molar refractivity (Wildman–Crippen MR) is 80.2 cm³/mol. The quantitative estimate of drug-likeness (QED) is 0.889. The molecule has 1 aromatic heterocycles. The van der Waals surface area contributed by atoms with Gasteiger partial charge in [0.2, 0.25) is 0 Å². The summed E-state index contributed by atoms with van der Waals surface area (Å²) in [6.45, 7) is 1.96. The molecule has 0 aliphatic rings. The molecule has 0 amide bonds. The number of nitrogens with zero attached hydrogens (tertiary/aromatic N) is 1. The van der Waals surface area contributed by atoms with E-state index in [1.54, 1.807) is 24.3 Å². The Balaban J connectivity index is 2.06. The Morgan fingerprint density at radius 3 is 2.35 bits per heavy atom. The van der Waals surface area contributed by atoms with Gasteiger partial charge in [0.05, 0.1) is 28.8 Å². The maximum Gasteiger partial charge on any atom is 0.160 e. The third-order valence-electron chi connectivity index (χ3n) is 2.86. The summed E-state index contributed by atoms with van der Waals surface area (Å²) in [7, 11) is -3.22. The summed E-state index contributed by atoms with van der Waals surface area (Å²) in [5.41, 5.74) is 2.13. The van der Waals surface area contributed by atoms with E-state index >= 15 is 0 Å². The third-order valence-corrected chi connectivity index (χ3v) is 5.41. The van der Waals surface area contributed by atoms with E-state index in [0.29, 0.717) is 5.69 Å². The lowest BCUT2D eigenvalue weighted by Crippen LogP contribution is -2.08. The summed E-state index contributed by atoms with van der Waals surface area (Å²) in [5, 5.41) is 11.7. The first-order valence-electron chi connectivity index (χ1n) is 6.35. The number of hydrogen-bond donors (Lipinski definition) is 1. The summed E-state index contributed by atoms with van der Waals surface area (Å²) < 4.78 is 24.3. The Morgan fingerprint density at radius 1 is 1.15 bits per heavy atom. The van der Waals surface area contributed by atoms with Gasteiger partial charge in [-0.05, 0) is 17.5 Å². The molecule has 0 aliphatic carbocycles. The van der Waals surface area contributed by atoms with Crippen LogP contribution in [-0.4, -0.2) is 18.5 Å². The number of benzene rings is 1. The molecule has 0 radical (unpaired) electrons. The first kappa shape index (κ1) is 15.2. The summed E-state index contributed by atoms with van der Waals surface area (Å²) in [6, 6.07) is 6.95. The first-order chi connectivity index (χ1) is 9.52. The first-order valence-corrected chi connectivity index (χ1v) is 9.05. The van der Waals surface area contributed by atoms with Crippen molar-refractivity contribution in [3.8, 4) is 0 Å². The average molecular weight is 311 g/mol. The van der Waals surface area contributed by atoms with Gasteiger partial charge in [-0.25, -0.2) is 13.4 Å². The smallest absolute Gasteiger partial charge is 0.160 e. The van der Waals surface area contributed by atoms with Crippen LogP contribution >= 0.6 is 11.3 Å². The lowest BCUT2D eigenvalue weighted by Gasteiger charge is -2.04. The molecule has 1 heterocycles. The minimum Gasteiger partial charge on any atom is -0.392 e. The maximum absolute atomic E-state index is 12.1. The molecule has 0 bridgehead atoms. The van der Waals surface area contributed by atoms with Crippen LogP contribution in [0.15, 0.2) is 29.6 Å². The molecule has 1 N–H and O–H groups in total. The zero-order valence-electron chi connectivity index (χ0n) is 11.2. The zero-order chi connectivity index (χ0) is 14.6. The highest BCUT2D eigenvalue weighted by Gasteiger charge is 2.15. The molecule has 20 heavy (non-hydrogen) atoms. The second-order valence-electron chi connectivity index (χ2n) is 4.59. The topological polar surface area (TPSA) is 67.3 Å². The lowest BCUT2D eigenvalue weighted by atomic mass is 10.2. The van der Waals surface area contributed by atoms with E-state index in [2.05, 4.69) is 4.98 Å². The molecule has 0 saturated heterocycles. The maximum atomic E-state index is 12.1. The number of aliphatic hydroxyl groups is 1. The monoisotopic (exact) mass is 311 g/mol. The van der Waals surface area contributed by atoms with Crippen LogP contribution in [-0.2, 0) is 34.4 Å². The molecule has 1 aromatic carbocycles. The molecular formula is C14H17NO3S2. The van der Waals surface area contributed by atoms with E-state index < -0.39 is 9.84 Å². The fourth-order valence-corrected chi connectivity index (χ4v) is 4.10. The van der Waals surface area contributed by atoms with Gasteiger partial charge in [-0.3, -0.25) is 0 Å². The van der Waals surface area contributed by atoms with Crippen molar-refractivity contribution in [3.05, 3.63) is 51.5 Å². The van der Waals surface area contributed by atoms with Crippen molar-refractivity contribution in [1.82, 2.24) is 4.98 Å². The van der Waals surface area contributed by atoms with Gasteiger partial charge in [-0.2, -0.15) is 0 Å². The number of sulfone groups is 1. The molecular weight excluding hydrogens is 294 g/mol. The molecule has 0 unspecified atom stereocenters. The van der Waals surface area contributed by atoms with Crippen molar-refractivity contribution in [2.75, 3.05) is 0 Å². The van der Waals surface area contributed by atoms with Gasteiger partial charge in [-0.1, -0.05) is 31.2 Å². The van der Waals surface area contributed by atoms with Crippen LogP contribution in [0.5, 0.6) is 0 Å². The number of aromatic nitrogens is 1. The molecule has 108 valence electrons. The fourth-order valence-electron chi connectivity index (χ4n) is 1.85. The molecule has 0 saturated carbocycles. The largest absolute Gasteiger partial charge is 0.392 e.